The van der Waals surface area contributed by atoms with Crippen LogP contribution in [0.2, 0.25) is 10.0 Å². The number of nitrogens with one attached hydrogen (secondary N) is 1. The van der Waals surface area contributed by atoms with Gasteiger partial charge in [-0.05, 0) is 49.2 Å². The van der Waals surface area contributed by atoms with Crippen molar-refractivity contribution in [2.24, 2.45) is 0 Å². The van der Waals surface area contributed by atoms with E-state index in [4.69, 9.17) is 32.7 Å². The second kappa shape index (κ2) is 11.2. The average molecular weight is 448 g/mol. The number of benzene rings is 3. The Morgan fingerprint density at radius 2 is 1.60 bits per heavy atom. The highest BCUT2D eigenvalue weighted by atomic mass is 35.5. The zero-order valence-electron chi connectivity index (χ0n) is 16.8. The molecule has 0 aliphatic rings. The van der Waals surface area contributed by atoms with Gasteiger partial charge in [0.05, 0.1) is 11.6 Å². The predicted molar refractivity (Wildman–Crippen MR) is 120 cm³/mol. The van der Waals surface area contributed by atoms with E-state index in [0.29, 0.717) is 40.3 Å². The van der Waals surface area contributed by atoms with Crippen molar-refractivity contribution in [2.75, 3.05) is 13.2 Å². The van der Waals surface area contributed by atoms with Crippen LogP contribution in [0, 0.1) is 5.82 Å². The summed E-state index contributed by atoms with van der Waals surface area (Å²) in [6, 6.07) is 18.2. The molecule has 0 unspecified atom stereocenters. The normalized spacial score (nSPS) is 10.8. The highest BCUT2D eigenvalue weighted by molar-refractivity contribution is 6.31. The summed E-state index contributed by atoms with van der Waals surface area (Å²) in [5, 5.41) is 4.32. The van der Waals surface area contributed by atoms with E-state index >= 15 is 0 Å². The van der Waals surface area contributed by atoms with Crippen LogP contribution in [0.4, 0.5) is 4.39 Å². The van der Waals surface area contributed by atoms with Gasteiger partial charge in [-0.15, -0.1) is 0 Å². The highest BCUT2D eigenvalue weighted by Gasteiger charge is 2.12. The summed E-state index contributed by atoms with van der Waals surface area (Å²) in [7, 11) is 0. The molecule has 0 radical (unpaired) electrons. The Morgan fingerprint density at radius 1 is 0.867 bits per heavy atom. The lowest BCUT2D eigenvalue weighted by Gasteiger charge is -2.16. The molecular formula is C24H24Cl2FNO2. The Labute approximate surface area is 186 Å². The van der Waals surface area contributed by atoms with Crippen molar-refractivity contribution in [3.63, 3.8) is 0 Å². The Hall–Kier alpha value is -2.27. The molecule has 3 rings (SSSR count). The molecule has 6 heteroatoms. The fraction of sp³-hybridized carbons (Fsp3) is 0.250. The van der Waals surface area contributed by atoms with Crippen LogP contribution >= 0.6 is 23.2 Å². The molecule has 0 heterocycles. The molecule has 0 aromatic heterocycles. The summed E-state index contributed by atoms with van der Waals surface area (Å²) in [5.41, 5.74) is 2.90. The van der Waals surface area contributed by atoms with E-state index in [-0.39, 0.29) is 12.4 Å². The van der Waals surface area contributed by atoms with Gasteiger partial charge in [-0.1, -0.05) is 59.6 Å². The summed E-state index contributed by atoms with van der Waals surface area (Å²) in [6.45, 7) is 4.05. The molecule has 0 saturated heterocycles. The summed E-state index contributed by atoms with van der Waals surface area (Å²) in [5.74, 6) is 0.751. The Kier molecular flexibility index (Phi) is 8.38. The maximum absolute atomic E-state index is 13.2. The van der Waals surface area contributed by atoms with Gasteiger partial charge in [-0.3, -0.25) is 0 Å². The number of ether oxygens (including phenoxy) is 2. The van der Waals surface area contributed by atoms with E-state index in [1.165, 1.54) is 17.7 Å². The van der Waals surface area contributed by atoms with Crippen LogP contribution < -0.4 is 14.8 Å². The standard InChI is InChI=1S/C24H24Cl2FNO2/c1-2-29-23-12-19(15-28-11-10-17-6-4-3-5-7-17)22(26)14-24(23)30-16-18-8-9-20(27)13-21(18)25/h3-9,12-14,28H,2,10-11,15-16H2,1H3. The topological polar surface area (TPSA) is 30.5 Å². The molecule has 3 aromatic rings. The first-order valence-electron chi connectivity index (χ1n) is 9.83. The molecule has 0 aliphatic heterocycles. The largest absolute Gasteiger partial charge is 0.490 e. The van der Waals surface area contributed by atoms with Crippen molar-refractivity contribution in [1.82, 2.24) is 5.32 Å². The van der Waals surface area contributed by atoms with Gasteiger partial charge in [0, 0.05) is 23.2 Å². The first kappa shape index (κ1) is 22.4. The van der Waals surface area contributed by atoms with Crippen molar-refractivity contribution in [3.8, 4) is 11.5 Å². The number of hydrogen-bond acceptors (Lipinski definition) is 3. The second-order valence-corrected chi connectivity index (χ2v) is 7.57. The smallest absolute Gasteiger partial charge is 0.163 e. The first-order valence-corrected chi connectivity index (χ1v) is 10.6. The van der Waals surface area contributed by atoms with Crippen LogP contribution in [0.5, 0.6) is 11.5 Å². The maximum atomic E-state index is 13.2. The van der Waals surface area contributed by atoms with Gasteiger partial charge >= 0.3 is 0 Å². The van der Waals surface area contributed by atoms with Gasteiger partial charge in [-0.2, -0.15) is 0 Å². The van der Waals surface area contributed by atoms with Crippen molar-refractivity contribution in [3.05, 3.63) is 93.2 Å². The molecular weight excluding hydrogens is 424 g/mol. The summed E-state index contributed by atoms with van der Waals surface area (Å²) in [4.78, 5) is 0. The van der Waals surface area contributed by atoms with Crippen LogP contribution in [-0.2, 0) is 19.6 Å². The van der Waals surface area contributed by atoms with Crippen molar-refractivity contribution in [2.45, 2.75) is 26.5 Å². The Bertz CT molecular complexity index is 967. The first-order chi connectivity index (χ1) is 14.6. The molecule has 3 aromatic carbocycles. The number of rotatable bonds is 10. The lowest BCUT2D eigenvalue weighted by Crippen LogP contribution is -2.17. The van der Waals surface area contributed by atoms with Crippen molar-refractivity contribution < 1.29 is 13.9 Å². The third kappa shape index (κ3) is 6.36. The quantitative estimate of drug-likeness (QED) is 0.362. The van der Waals surface area contributed by atoms with E-state index < -0.39 is 0 Å². The summed E-state index contributed by atoms with van der Waals surface area (Å²) < 4.78 is 24.8. The monoisotopic (exact) mass is 447 g/mol. The van der Waals surface area contributed by atoms with Gasteiger partial charge in [0.15, 0.2) is 11.5 Å². The van der Waals surface area contributed by atoms with Gasteiger partial charge in [0.2, 0.25) is 0 Å². The van der Waals surface area contributed by atoms with Gasteiger partial charge in [0.25, 0.3) is 0 Å². The van der Waals surface area contributed by atoms with E-state index in [1.54, 1.807) is 12.1 Å². The minimum atomic E-state index is -0.383. The van der Waals surface area contributed by atoms with Gasteiger partial charge < -0.3 is 14.8 Å². The predicted octanol–water partition coefficient (Wildman–Crippen LogP) is 6.44. The van der Waals surface area contributed by atoms with Gasteiger partial charge in [-0.25, -0.2) is 4.39 Å². The van der Waals surface area contributed by atoms with E-state index in [1.807, 2.05) is 31.2 Å². The number of halogens is 3. The maximum Gasteiger partial charge on any atom is 0.163 e. The van der Waals surface area contributed by atoms with Crippen LogP contribution in [-0.4, -0.2) is 13.2 Å². The van der Waals surface area contributed by atoms with Crippen molar-refractivity contribution >= 4 is 23.2 Å². The zero-order valence-corrected chi connectivity index (χ0v) is 18.3. The van der Waals surface area contributed by atoms with Crippen LogP contribution in [0.15, 0.2) is 60.7 Å². The molecule has 0 atom stereocenters. The SMILES string of the molecule is CCOc1cc(CNCCc2ccccc2)c(Cl)cc1OCc1ccc(F)cc1Cl. The van der Waals surface area contributed by atoms with Crippen LogP contribution in [0.1, 0.15) is 23.6 Å². The fourth-order valence-corrected chi connectivity index (χ4v) is 3.43. The summed E-state index contributed by atoms with van der Waals surface area (Å²) in [6.07, 6.45) is 0.941. The Balaban J connectivity index is 1.64. The fourth-order valence-electron chi connectivity index (χ4n) is 2.99. The lowest BCUT2D eigenvalue weighted by molar-refractivity contribution is 0.269. The molecule has 0 fully saturated rings. The average Bonchev–Trinajstić information content (AvgIpc) is 2.74. The number of hydrogen-bond donors (Lipinski definition) is 1. The molecule has 0 amide bonds. The molecule has 1 N–H and O–H groups in total. The highest BCUT2D eigenvalue weighted by Crippen LogP contribution is 2.34. The summed E-state index contributed by atoms with van der Waals surface area (Å²) >= 11 is 12.6. The molecule has 0 spiro atoms. The zero-order chi connectivity index (χ0) is 21.3. The second-order valence-electron chi connectivity index (χ2n) is 6.76. The van der Waals surface area contributed by atoms with E-state index in [0.717, 1.165) is 18.5 Å². The Morgan fingerprint density at radius 3 is 2.33 bits per heavy atom. The minimum Gasteiger partial charge on any atom is -0.490 e. The third-order valence-electron chi connectivity index (χ3n) is 4.56. The third-order valence-corrected chi connectivity index (χ3v) is 5.26. The molecule has 158 valence electrons. The van der Waals surface area contributed by atoms with E-state index in [9.17, 15) is 4.39 Å². The van der Waals surface area contributed by atoms with E-state index in [2.05, 4.69) is 17.4 Å². The van der Waals surface area contributed by atoms with Crippen molar-refractivity contribution in [1.29, 1.82) is 0 Å². The lowest BCUT2D eigenvalue weighted by atomic mass is 10.1. The molecule has 30 heavy (non-hydrogen) atoms. The van der Waals surface area contributed by atoms with Crippen LogP contribution in [0.25, 0.3) is 0 Å². The molecule has 3 nitrogen and oxygen atoms in total. The molecule has 0 saturated carbocycles. The van der Waals surface area contributed by atoms with Gasteiger partial charge in [0.1, 0.15) is 12.4 Å². The molecule has 0 bridgehead atoms. The minimum absolute atomic E-state index is 0.185. The van der Waals surface area contributed by atoms with Crippen LogP contribution in [0.3, 0.4) is 0 Å². The molecule has 0 aliphatic carbocycles.